The molecule has 3 amide bonds. The van der Waals surface area contributed by atoms with E-state index in [1.807, 2.05) is 18.2 Å². The second-order valence-corrected chi connectivity index (χ2v) is 9.86. The van der Waals surface area contributed by atoms with Crippen LogP contribution in [0, 0.1) is 17.2 Å². The van der Waals surface area contributed by atoms with Crippen molar-refractivity contribution >= 4 is 23.4 Å². The minimum atomic E-state index is -0.278. The number of ketones is 1. The molecule has 8 nitrogen and oxygen atoms in total. The predicted octanol–water partition coefficient (Wildman–Crippen LogP) is 3.48. The number of carbonyl (C=O) groups excluding carboxylic acids is 3. The van der Waals surface area contributed by atoms with Crippen LogP contribution in [0.5, 0.6) is 0 Å². The summed E-state index contributed by atoms with van der Waals surface area (Å²) in [5, 5.41) is 18.2. The van der Waals surface area contributed by atoms with Gasteiger partial charge in [0.2, 0.25) is 5.91 Å². The van der Waals surface area contributed by atoms with Gasteiger partial charge in [0.05, 0.1) is 18.2 Å². The minimum absolute atomic E-state index is 0.00565. The first-order valence-electron chi connectivity index (χ1n) is 12.6. The Bertz CT molecular complexity index is 1160. The Morgan fingerprint density at radius 3 is 2.75 bits per heavy atom. The van der Waals surface area contributed by atoms with E-state index in [4.69, 9.17) is 5.26 Å². The average Bonchev–Trinajstić information content (AvgIpc) is 2.85. The number of nitrogens with one attached hydrogen (secondary N) is 3. The van der Waals surface area contributed by atoms with Crippen LogP contribution in [0.15, 0.2) is 48.5 Å². The van der Waals surface area contributed by atoms with E-state index in [0.29, 0.717) is 29.8 Å². The zero-order valence-electron chi connectivity index (χ0n) is 20.6. The topological polar surface area (TPSA) is 114 Å². The van der Waals surface area contributed by atoms with E-state index >= 15 is 0 Å². The summed E-state index contributed by atoms with van der Waals surface area (Å²) in [4.78, 5) is 39.0. The number of Topliss-reactive ketones (excluding diaryl/α,β-unsaturated/α-hetero) is 1. The number of hydrogen-bond acceptors (Lipinski definition) is 5. The van der Waals surface area contributed by atoms with Crippen molar-refractivity contribution in [3.63, 3.8) is 0 Å². The van der Waals surface area contributed by atoms with Gasteiger partial charge in [-0.2, -0.15) is 5.26 Å². The molecule has 2 aromatic carbocycles. The van der Waals surface area contributed by atoms with E-state index in [1.165, 1.54) is 6.92 Å². The summed E-state index contributed by atoms with van der Waals surface area (Å²) >= 11 is 0. The first kappa shape index (κ1) is 25.4. The van der Waals surface area contributed by atoms with Crippen LogP contribution in [0.3, 0.4) is 0 Å². The molecule has 1 heterocycles. The first-order valence-corrected chi connectivity index (χ1v) is 12.6. The van der Waals surface area contributed by atoms with Crippen LogP contribution in [0.4, 0.5) is 10.5 Å². The average molecular weight is 488 g/mol. The Kier molecular flexibility index (Phi) is 8.34. The lowest BCUT2D eigenvalue weighted by Gasteiger charge is -2.39. The smallest absolute Gasteiger partial charge is 0.319 e. The Balaban J connectivity index is 1.35. The molecule has 2 aromatic rings. The third-order valence-corrected chi connectivity index (χ3v) is 6.99. The van der Waals surface area contributed by atoms with E-state index in [0.717, 1.165) is 44.3 Å². The van der Waals surface area contributed by atoms with E-state index in [2.05, 4.69) is 26.9 Å². The van der Waals surface area contributed by atoms with Gasteiger partial charge in [0.25, 0.3) is 0 Å². The van der Waals surface area contributed by atoms with Crippen molar-refractivity contribution in [1.29, 1.82) is 5.26 Å². The maximum Gasteiger partial charge on any atom is 0.319 e. The molecule has 2 aliphatic rings. The number of carbonyl (C=O) groups is 3. The minimum Gasteiger partial charge on any atom is -0.351 e. The number of nitrogens with zero attached hydrogens (tertiary/aromatic N) is 2. The molecule has 4 rings (SSSR count). The Labute approximate surface area is 212 Å². The molecule has 0 unspecified atom stereocenters. The second kappa shape index (κ2) is 11.8. The highest BCUT2D eigenvalue weighted by Crippen LogP contribution is 2.26. The molecule has 188 valence electrons. The zero-order valence-corrected chi connectivity index (χ0v) is 20.6. The van der Waals surface area contributed by atoms with Gasteiger partial charge in [0.15, 0.2) is 5.78 Å². The standard InChI is InChI=1S/C28H33N5O3/c1-19(34)22-9-5-10-24(14-22)31-28(36)32-26-11-3-2-8-23(26)16-33-17-25(30-27(35)18-33)13-20-6-4-7-21(12-20)15-29/h4-7,9-10,12,14,23,25-26H,2-3,8,11,13,16-18H2,1H3,(H,30,35)(H2,31,32,36)/t23-,25-,26+/m0/s1. The molecular formula is C28H33N5O3. The SMILES string of the molecule is CC(=O)c1cccc(NC(=O)N[C@@H]2CCCC[C@H]2CN2CC(=O)N[C@@H](Cc3cccc(C#N)c3)C2)c1. The number of benzene rings is 2. The van der Waals surface area contributed by atoms with Gasteiger partial charge in [0.1, 0.15) is 0 Å². The molecule has 1 saturated carbocycles. The lowest BCUT2D eigenvalue weighted by molar-refractivity contribution is -0.125. The van der Waals surface area contributed by atoms with Crippen molar-refractivity contribution < 1.29 is 14.4 Å². The van der Waals surface area contributed by atoms with E-state index < -0.39 is 0 Å². The van der Waals surface area contributed by atoms with Gasteiger partial charge >= 0.3 is 6.03 Å². The largest absolute Gasteiger partial charge is 0.351 e. The number of anilines is 1. The summed E-state index contributed by atoms with van der Waals surface area (Å²) in [6, 6.07) is 16.3. The summed E-state index contributed by atoms with van der Waals surface area (Å²) in [6.45, 7) is 3.32. The van der Waals surface area contributed by atoms with Gasteiger partial charge in [-0.1, -0.05) is 37.1 Å². The maximum absolute atomic E-state index is 12.8. The number of hydrogen-bond donors (Lipinski definition) is 3. The normalized spacial score (nSPS) is 22.2. The first-order chi connectivity index (χ1) is 17.4. The summed E-state index contributed by atoms with van der Waals surface area (Å²) < 4.78 is 0. The van der Waals surface area contributed by atoms with E-state index in [1.54, 1.807) is 30.3 Å². The van der Waals surface area contributed by atoms with Gasteiger partial charge in [-0.25, -0.2) is 4.79 Å². The van der Waals surface area contributed by atoms with Crippen LogP contribution < -0.4 is 16.0 Å². The zero-order chi connectivity index (χ0) is 25.5. The molecule has 3 N–H and O–H groups in total. The highest BCUT2D eigenvalue weighted by molar-refractivity contribution is 5.96. The monoisotopic (exact) mass is 487 g/mol. The number of rotatable bonds is 7. The van der Waals surface area contributed by atoms with E-state index in [-0.39, 0.29) is 35.7 Å². The lowest BCUT2D eigenvalue weighted by atomic mass is 9.84. The molecule has 1 aliphatic heterocycles. The van der Waals surface area contributed by atoms with Crippen molar-refractivity contribution in [1.82, 2.24) is 15.5 Å². The molecule has 1 saturated heterocycles. The van der Waals surface area contributed by atoms with Gasteiger partial charge in [-0.15, -0.1) is 0 Å². The second-order valence-electron chi connectivity index (χ2n) is 9.86. The fraction of sp³-hybridized carbons (Fsp3) is 0.429. The van der Waals surface area contributed by atoms with Gasteiger partial charge in [-0.3, -0.25) is 14.5 Å². The van der Waals surface area contributed by atoms with Crippen LogP contribution in [0.1, 0.15) is 54.1 Å². The molecule has 0 spiro atoms. The van der Waals surface area contributed by atoms with Gasteiger partial charge < -0.3 is 16.0 Å². The molecule has 3 atom stereocenters. The summed E-state index contributed by atoms with van der Waals surface area (Å²) in [7, 11) is 0. The van der Waals surface area contributed by atoms with Crippen LogP contribution in [-0.2, 0) is 11.2 Å². The Morgan fingerprint density at radius 2 is 1.94 bits per heavy atom. The number of amides is 3. The molecule has 0 bridgehead atoms. The number of urea groups is 1. The summed E-state index contributed by atoms with van der Waals surface area (Å²) in [6.07, 6.45) is 4.73. The van der Waals surface area contributed by atoms with Gasteiger partial charge in [0, 0.05) is 36.4 Å². The molecular weight excluding hydrogens is 454 g/mol. The van der Waals surface area contributed by atoms with Gasteiger partial charge in [-0.05, 0) is 61.9 Å². The van der Waals surface area contributed by atoms with Crippen molar-refractivity contribution in [3.8, 4) is 6.07 Å². The van der Waals surface area contributed by atoms with Crippen molar-refractivity contribution in [3.05, 3.63) is 65.2 Å². The molecule has 1 aliphatic carbocycles. The predicted molar refractivity (Wildman–Crippen MR) is 138 cm³/mol. The lowest BCUT2D eigenvalue weighted by Crippen LogP contribution is -2.57. The molecule has 36 heavy (non-hydrogen) atoms. The fourth-order valence-electron chi connectivity index (χ4n) is 5.30. The molecule has 0 aromatic heterocycles. The van der Waals surface area contributed by atoms with Crippen LogP contribution >= 0.6 is 0 Å². The highest BCUT2D eigenvalue weighted by Gasteiger charge is 2.32. The molecule has 8 heteroatoms. The third kappa shape index (κ3) is 6.92. The van der Waals surface area contributed by atoms with Crippen molar-refractivity contribution in [2.75, 3.05) is 25.0 Å². The molecule has 0 radical (unpaired) electrons. The van der Waals surface area contributed by atoms with Crippen molar-refractivity contribution in [2.45, 2.75) is 51.1 Å². The summed E-state index contributed by atoms with van der Waals surface area (Å²) in [5.41, 5.74) is 2.79. The van der Waals surface area contributed by atoms with Crippen LogP contribution in [-0.4, -0.2) is 54.3 Å². The van der Waals surface area contributed by atoms with Crippen LogP contribution in [0.2, 0.25) is 0 Å². The molecule has 2 fully saturated rings. The van der Waals surface area contributed by atoms with Crippen LogP contribution in [0.25, 0.3) is 0 Å². The summed E-state index contributed by atoms with van der Waals surface area (Å²) in [5.74, 6) is 0.209. The Morgan fingerprint density at radius 1 is 1.14 bits per heavy atom. The Hall–Kier alpha value is -3.70. The number of nitriles is 1. The number of piperazine rings is 1. The quantitative estimate of drug-likeness (QED) is 0.518. The van der Waals surface area contributed by atoms with Crippen molar-refractivity contribution in [2.24, 2.45) is 5.92 Å². The van der Waals surface area contributed by atoms with E-state index in [9.17, 15) is 14.4 Å². The fourth-order valence-corrected chi connectivity index (χ4v) is 5.30. The third-order valence-electron chi connectivity index (χ3n) is 6.99. The highest BCUT2D eigenvalue weighted by atomic mass is 16.2. The maximum atomic E-state index is 12.8.